The van der Waals surface area contributed by atoms with Gasteiger partial charge in [-0.3, -0.25) is 4.79 Å². The minimum atomic E-state index is -0.805. The van der Waals surface area contributed by atoms with Gasteiger partial charge in [-0.05, 0) is 25.5 Å². The van der Waals surface area contributed by atoms with Crippen LogP contribution in [0.4, 0.5) is 0 Å². The van der Waals surface area contributed by atoms with Gasteiger partial charge in [0.15, 0.2) is 0 Å². The zero-order chi connectivity index (χ0) is 12.6. The Morgan fingerprint density at radius 3 is 2.76 bits per heavy atom. The maximum absolute atomic E-state index is 12.2. The summed E-state index contributed by atoms with van der Waals surface area (Å²) < 4.78 is 0. The molecule has 5 heteroatoms. The first-order valence-electron chi connectivity index (χ1n) is 5.36. The van der Waals surface area contributed by atoms with Crippen molar-refractivity contribution in [3.63, 3.8) is 0 Å². The Morgan fingerprint density at radius 1 is 1.47 bits per heavy atom. The average Bonchev–Trinajstić information content (AvgIpc) is 2.62. The van der Waals surface area contributed by atoms with Gasteiger partial charge in [-0.15, -0.1) is 0 Å². The molecular formula is C12H13Cl2NO2. The summed E-state index contributed by atoms with van der Waals surface area (Å²) in [6.45, 7) is 2.59. The van der Waals surface area contributed by atoms with E-state index in [1.807, 2.05) is 0 Å². The van der Waals surface area contributed by atoms with Crippen LogP contribution in [0.3, 0.4) is 0 Å². The summed E-state index contributed by atoms with van der Waals surface area (Å²) in [5.41, 5.74) is -0.419. The molecule has 0 spiro atoms. The summed E-state index contributed by atoms with van der Waals surface area (Å²) in [4.78, 5) is 13.8. The molecule has 92 valence electrons. The van der Waals surface area contributed by atoms with E-state index >= 15 is 0 Å². The molecule has 17 heavy (non-hydrogen) atoms. The molecule has 1 unspecified atom stereocenters. The van der Waals surface area contributed by atoms with Crippen molar-refractivity contribution in [2.75, 3.05) is 13.1 Å². The van der Waals surface area contributed by atoms with Gasteiger partial charge >= 0.3 is 0 Å². The fourth-order valence-electron chi connectivity index (χ4n) is 1.96. The summed E-state index contributed by atoms with van der Waals surface area (Å²) in [6, 6.07) is 4.97. The normalized spacial score (nSPS) is 24.1. The molecule has 0 saturated carbocycles. The van der Waals surface area contributed by atoms with E-state index in [0.717, 1.165) is 0 Å². The minimum Gasteiger partial charge on any atom is -0.388 e. The van der Waals surface area contributed by atoms with E-state index in [-0.39, 0.29) is 10.9 Å². The quantitative estimate of drug-likeness (QED) is 0.855. The van der Waals surface area contributed by atoms with Crippen LogP contribution in [-0.4, -0.2) is 34.6 Å². The van der Waals surface area contributed by atoms with Crippen LogP contribution in [-0.2, 0) is 0 Å². The summed E-state index contributed by atoms with van der Waals surface area (Å²) in [5.74, 6) is -0.185. The maximum atomic E-state index is 12.2. The second kappa shape index (κ2) is 4.48. The minimum absolute atomic E-state index is 0.185. The third-order valence-electron chi connectivity index (χ3n) is 2.92. The number of carbonyl (C=O) groups is 1. The Labute approximate surface area is 110 Å². The number of β-amino-alcohol motifs (C(OH)–C–C–N with tert-alkyl or cyclic N) is 1. The first-order chi connectivity index (χ1) is 7.91. The molecule has 1 aromatic rings. The highest BCUT2D eigenvalue weighted by Gasteiger charge is 2.34. The number of hydrogen-bond acceptors (Lipinski definition) is 2. The lowest BCUT2D eigenvalue weighted by Crippen LogP contribution is -2.34. The molecule has 0 bridgehead atoms. The van der Waals surface area contributed by atoms with Crippen molar-refractivity contribution in [1.82, 2.24) is 4.90 Å². The van der Waals surface area contributed by atoms with Gasteiger partial charge in [0.2, 0.25) is 0 Å². The van der Waals surface area contributed by atoms with Crippen LogP contribution in [0.2, 0.25) is 10.0 Å². The fourth-order valence-corrected chi connectivity index (χ4v) is 2.34. The van der Waals surface area contributed by atoms with E-state index < -0.39 is 5.60 Å². The molecule has 1 fully saturated rings. The average molecular weight is 274 g/mol. The third kappa shape index (κ3) is 2.57. The van der Waals surface area contributed by atoms with E-state index in [1.54, 1.807) is 30.0 Å². The molecule has 1 aromatic carbocycles. The van der Waals surface area contributed by atoms with Crippen LogP contribution in [0.1, 0.15) is 23.7 Å². The first kappa shape index (κ1) is 12.7. The molecule has 3 nitrogen and oxygen atoms in total. The van der Waals surface area contributed by atoms with Gasteiger partial charge in [-0.25, -0.2) is 0 Å². The molecule has 1 amide bonds. The number of aliphatic hydroxyl groups is 1. The van der Waals surface area contributed by atoms with E-state index in [1.165, 1.54) is 0 Å². The zero-order valence-corrected chi connectivity index (χ0v) is 10.9. The molecule has 1 atom stereocenters. The molecular weight excluding hydrogens is 261 g/mol. The number of benzene rings is 1. The highest BCUT2D eigenvalue weighted by molar-refractivity contribution is 6.43. The zero-order valence-electron chi connectivity index (χ0n) is 9.41. The standard InChI is InChI=1S/C12H13Cl2NO2/c1-12(17)5-6-15(7-12)11(16)8-3-2-4-9(13)10(8)14/h2-4,17H,5-7H2,1H3. The number of halogens is 2. The molecule has 1 aliphatic rings. The number of rotatable bonds is 1. The predicted octanol–water partition coefficient (Wildman–Crippen LogP) is 2.59. The van der Waals surface area contributed by atoms with Crippen LogP contribution >= 0.6 is 23.2 Å². The van der Waals surface area contributed by atoms with Gasteiger partial charge in [0.1, 0.15) is 0 Å². The van der Waals surface area contributed by atoms with Crippen LogP contribution in [0.5, 0.6) is 0 Å². The molecule has 0 aromatic heterocycles. The molecule has 0 radical (unpaired) electrons. The van der Waals surface area contributed by atoms with Crippen molar-refractivity contribution in [2.24, 2.45) is 0 Å². The Kier molecular flexibility index (Phi) is 3.34. The number of likely N-dealkylation sites (tertiary alicyclic amines) is 1. The van der Waals surface area contributed by atoms with Gasteiger partial charge in [0.05, 0.1) is 21.2 Å². The summed E-state index contributed by atoms with van der Waals surface area (Å²) in [7, 11) is 0. The maximum Gasteiger partial charge on any atom is 0.255 e. The smallest absolute Gasteiger partial charge is 0.255 e. The topological polar surface area (TPSA) is 40.5 Å². The summed E-state index contributed by atoms with van der Waals surface area (Å²) in [6.07, 6.45) is 0.580. The van der Waals surface area contributed by atoms with E-state index in [0.29, 0.717) is 30.1 Å². The van der Waals surface area contributed by atoms with Crippen molar-refractivity contribution in [3.8, 4) is 0 Å². The SMILES string of the molecule is CC1(O)CCN(C(=O)c2cccc(Cl)c2Cl)C1. The Balaban J connectivity index is 2.24. The Bertz CT molecular complexity index is 460. The lowest BCUT2D eigenvalue weighted by atomic mass is 10.1. The van der Waals surface area contributed by atoms with Gasteiger partial charge in [0, 0.05) is 13.1 Å². The fraction of sp³-hybridized carbons (Fsp3) is 0.417. The van der Waals surface area contributed by atoms with Crippen molar-refractivity contribution >= 4 is 29.1 Å². The summed E-state index contributed by atoms with van der Waals surface area (Å²) in [5, 5.41) is 10.5. The molecule has 0 aliphatic carbocycles. The van der Waals surface area contributed by atoms with Gasteiger partial charge in [-0.2, -0.15) is 0 Å². The largest absolute Gasteiger partial charge is 0.388 e. The van der Waals surface area contributed by atoms with Crippen LogP contribution < -0.4 is 0 Å². The lowest BCUT2D eigenvalue weighted by Gasteiger charge is -2.19. The molecule has 1 aliphatic heterocycles. The van der Waals surface area contributed by atoms with E-state index in [9.17, 15) is 9.90 Å². The number of amides is 1. The molecule has 1 saturated heterocycles. The molecule has 2 rings (SSSR count). The molecule has 1 heterocycles. The van der Waals surface area contributed by atoms with Crippen molar-refractivity contribution in [1.29, 1.82) is 0 Å². The first-order valence-corrected chi connectivity index (χ1v) is 6.12. The monoisotopic (exact) mass is 273 g/mol. The van der Waals surface area contributed by atoms with E-state index in [2.05, 4.69) is 0 Å². The highest BCUT2D eigenvalue weighted by atomic mass is 35.5. The lowest BCUT2D eigenvalue weighted by molar-refractivity contribution is 0.0572. The van der Waals surface area contributed by atoms with Crippen molar-refractivity contribution in [2.45, 2.75) is 18.9 Å². The predicted molar refractivity (Wildman–Crippen MR) is 67.6 cm³/mol. The van der Waals surface area contributed by atoms with Crippen LogP contribution in [0.25, 0.3) is 0 Å². The van der Waals surface area contributed by atoms with Gasteiger partial charge < -0.3 is 10.0 Å². The van der Waals surface area contributed by atoms with E-state index in [4.69, 9.17) is 23.2 Å². The number of hydrogen-bond donors (Lipinski definition) is 1. The Hall–Kier alpha value is -0.770. The Morgan fingerprint density at radius 2 is 2.18 bits per heavy atom. The highest BCUT2D eigenvalue weighted by Crippen LogP contribution is 2.29. The third-order valence-corrected chi connectivity index (χ3v) is 3.74. The van der Waals surface area contributed by atoms with Crippen molar-refractivity contribution in [3.05, 3.63) is 33.8 Å². The number of carbonyl (C=O) groups excluding carboxylic acids is 1. The van der Waals surface area contributed by atoms with Crippen molar-refractivity contribution < 1.29 is 9.90 Å². The van der Waals surface area contributed by atoms with Crippen LogP contribution in [0.15, 0.2) is 18.2 Å². The van der Waals surface area contributed by atoms with Crippen LogP contribution in [0, 0.1) is 0 Å². The second-order valence-corrected chi connectivity index (χ2v) is 5.36. The summed E-state index contributed by atoms with van der Waals surface area (Å²) >= 11 is 11.9. The number of nitrogens with zero attached hydrogens (tertiary/aromatic N) is 1. The second-order valence-electron chi connectivity index (χ2n) is 4.58. The molecule has 1 N–H and O–H groups in total. The van der Waals surface area contributed by atoms with Gasteiger partial charge in [0.25, 0.3) is 5.91 Å². The van der Waals surface area contributed by atoms with Gasteiger partial charge in [-0.1, -0.05) is 29.3 Å².